The molecular weight excluding hydrogens is 853 g/mol. The maximum atomic E-state index is 11.7. The van der Waals surface area contributed by atoms with Crippen LogP contribution in [0.1, 0.15) is 137 Å². The highest BCUT2D eigenvalue weighted by molar-refractivity contribution is 7.23. The van der Waals surface area contributed by atoms with Gasteiger partial charge in [0.2, 0.25) is 0 Å². The molecule has 0 amide bonds. The van der Waals surface area contributed by atoms with E-state index < -0.39 is 5.97 Å². The van der Waals surface area contributed by atoms with Crippen LogP contribution in [-0.2, 0) is 11.2 Å². The highest BCUT2D eigenvalue weighted by Crippen LogP contribution is 2.45. The van der Waals surface area contributed by atoms with Gasteiger partial charge >= 0.3 is 5.97 Å². The molecule has 0 aliphatic carbocycles. The Morgan fingerprint density at radius 3 is 2.27 bits per heavy atom. The largest absolute Gasteiger partial charge is 0.493 e. The fourth-order valence-electron chi connectivity index (χ4n) is 8.03. The number of nitrogens with zero attached hydrogens (tertiary/aromatic N) is 4. The fraction of sp³-hybridized carbons (Fsp3) is 0.396. The van der Waals surface area contributed by atoms with Gasteiger partial charge in [-0.15, -0.1) is 34.0 Å². The molecule has 1 unspecified atom stereocenters. The van der Waals surface area contributed by atoms with Crippen LogP contribution in [0.15, 0.2) is 89.5 Å². The van der Waals surface area contributed by atoms with Crippen molar-refractivity contribution in [1.82, 2.24) is 4.98 Å². The first-order valence-corrected chi connectivity index (χ1v) is 25.6. The Bertz CT molecular complexity index is 2600. The van der Waals surface area contributed by atoms with E-state index in [1.54, 1.807) is 22.7 Å². The number of nitriles is 1. The quantitative estimate of drug-likeness (QED) is 0.0366. The topological polar surface area (TPSA) is 108 Å². The van der Waals surface area contributed by atoms with Gasteiger partial charge in [-0.1, -0.05) is 84.6 Å². The number of hydrogen-bond donors (Lipinski definition) is 1. The maximum Gasteiger partial charge on any atom is 0.346 e. The molecule has 0 fully saturated rings. The van der Waals surface area contributed by atoms with Gasteiger partial charge < -0.3 is 14.6 Å². The Labute approximate surface area is 390 Å². The van der Waals surface area contributed by atoms with Crippen molar-refractivity contribution in [3.63, 3.8) is 0 Å². The number of benzene rings is 3. The van der Waals surface area contributed by atoms with E-state index in [1.165, 1.54) is 76.6 Å². The van der Waals surface area contributed by atoms with Crippen LogP contribution >= 0.6 is 34.0 Å². The van der Waals surface area contributed by atoms with Crippen LogP contribution in [0.2, 0.25) is 0 Å². The Morgan fingerprint density at radius 2 is 1.55 bits per heavy atom. The Balaban J connectivity index is 1.26. The number of rotatable bonds is 24. The molecule has 3 aromatic heterocycles. The summed E-state index contributed by atoms with van der Waals surface area (Å²) in [7, 11) is 0. The van der Waals surface area contributed by atoms with Crippen molar-refractivity contribution in [3.8, 4) is 37.9 Å². The molecule has 1 atom stereocenters. The van der Waals surface area contributed by atoms with E-state index in [4.69, 9.17) is 19.6 Å². The average molecular weight is 913 g/mol. The van der Waals surface area contributed by atoms with Crippen LogP contribution in [-0.4, -0.2) is 35.0 Å². The number of thiazole rings is 1. The number of carboxylic acid groups (broad SMARTS) is 1. The van der Waals surface area contributed by atoms with Gasteiger partial charge in [0.05, 0.1) is 45.7 Å². The zero-order valence-corrected chi connectivity index (χ0v) is 40.1. The minimum atomic E-state index is -1.22. The molecule has 3 aromatic carbocycles. The summed E-state index contributed by atoms with van der Waals surface area (Å²) in [6.07, 6.45) is 16.8. The van der Waals surface area contributed by atoms with Crippen LogP contribution in [0, 0.1) is 18.3 Å². The molecule has 334 valence electrons. The summed E-state index contributed by atoms with van der Waals surface area (Å²) in [6, 6.07) is 29.4. The van der Waals surface area contributed by atoms with Crippen LogP contribution in [0.4, 0.5) is 5.69 Å². The van der Waals surface area contributed by atoms with Crippen molar-refractivity contribution in [1.29, 1.82) is 5.26 Å². The van der Waals surface area contributed by atoms with Gasteiger partial charge in [-0.2, -0.15) is 10.4 Å². The second kappa shape index (κ2) is 23.1. The molecule has 64 heavy (non-hydrogen) atoms. The number of carboxylic acids is 1. The van der Waals surface area contributed by atoms with E-state index in [0.717, 1.165) is 104 Å². The maximum absolute atomic E-state index is 11.7. The van der Waals surface area contributed by atoms with E-state index in [1.807, 2.05) is 12.1 Å². The number of fused-ring (bicyclic) bond motifs is 1. The minimum absolute atomic E-state index is 0.132. The number of aromatic nitrogens is 1. The lowest BCUT2D eigenvalue weighted by Crippen LogP contribution is -2.19. The fourth-order valence-corrected chi connectivity index (χ4v) is 11.4. The molecule has 1 N–H and O–H groups in total. The molecule has 0 spiro atoms. The SMILES string of the molecule is CCCCCCOc1ccc(C2CC(c3cc(CCCCCC)c(-c4ccc(C=C(C#N)C(=O)O)s4)s3)=NN2c2ccc(-c3nc4ccc(C)cc4s3)cc2)c(OCCCCCC)c1. The van der Waals surface area contributed by atoms with Gasteiger partial charge in [-0.25, -0.2) is 9.78 Å². The lowest BCUT2D eigenvalue weighted by molar-refractivity contribution is -0.132. The molecule has 8 nitrogen and oxygen atoms in total. The molecule has 0 saturated heterocycles. The van der Waals surface area contributed by atoms with Crippen molar-refractivity contribution in [2.75, 3.05) is 18.2 Å². The van der Waals surface area contributed by atoms with E-state index >= 15 is 0 Å². The number of thiophene rings is 2. The second-order valence-corrected chi connectivity index (χ2v) is 19.8. The minimum Gasteiger partial charge on any atom is -0.493 e. The molecule has 0 saturated carbocycles. The third-order valence-electron chi connectivity index (χ3n) is 11.6. The molecule has 0 bridgehead atoms. The number of carbonyl (C=O) groups is 1. The van der Waals surface area contributed by atoms with Crippen LogP contribution < -0.4 is 14.5 Å². The van der Waals surface area contributed by atoms with Crippen molar-refractivity contribution in [2.45, 2.75) is 124 Å². The van der Waals surface area contributed by atoms with Crippen molar-refractivity contribution < 1.29 is 19.4 Å². The van der Waals surface area contributed by atoms with Crippen molar-refractivity contribution >= 4 is 67.7 Å². The average Bonchev–Trinajstić information content (AvgIpc) is 4.13. The summed E-state index contributed by atoms with van der Waals surface area (Å²) in [5.41, 5.74) is 7.40. The third kappa shape index (κ3) is 11.9. The van der Waals surface area contributed by atoms with Gasteiger partial charge in [0, 0.05) is 38.2 Å². The Kier molecular flexibility index (Phi) is 16.8. The van der Waals surface area contributed by atoms with Crippen LogP contribution in [0.3, 0.4) is 0 Å². The van der Waals surface area contributed by atoms with E-state index in [-0.39, 0.29) is 11.6 Å². The molecule has 1 aliphatic rings. The second-order valence-electron chi connectivity index (χ2n) is 16.6. The first kappa shape index (κ1) is 46.7. The Hall–Kier alpha value is -5.28. The van der Waals surface area contributed by atoms with Crippen molar-refractivity contribution in [3.05, 3.63) is 111 Å². The van der Waals surface area contributed by atoms with E-state index in [2.05, 4.69) is 106 Å². The van der Waals surface area contributed by atoms with Gasteiger partial charge in [-0.3, -0.25) is 5.01 Å². The number of anilines is 1. The van der Waals surface area contributed by atoms with Crippen LogP contribution in [0.25, 0.3) is 36.6 Å². The van der Waals surface area contributed by atoms with Gasteiger partial charge in [-0.05, 0) is 117 Å². The van der Waals surface area contributed by atoms with Gasteiger partial charge in [0.1, 0.15) is 28.1 Å². The molecule has 0 radical (unpaired) electrons. The monoisotopic (exact) mass is 912 g/mol. The van der Waals surface area contributed by atoms with E-state index in [0.29, 0.717) is 19.6 Å². The highest BCUT2D eigenvalue weighted by atomic mass is 32.1. The summed E-state index contributed by atoms with van der Waals surface area (Å²) < 4.78 is 14.2. The number of hydrogen-bond acceptors (Lipinski definition) is 10. The highest BCUT2D eigenvalue weighted by Gasteiger charge is 2.34. The summed E-state index contributed by atoms with van der Waals surface area (Å²) in [5.74, 6) is 0.453. The standard InChI is InChI=1S/C53H60N4O4S3/c1-5-8-11-14-17-38-32-50(63-51(38)48-27-24-42(62-48)31-39(35-54)53(58)59)45-34-46(43-25-23-41(60-28-15-12-9-6-2)33-47(43)61-29-16-13-10-7-3)57(56-45)40-21-19-37(20-22-40)52-55-44-26-18-36(4)30-49(44)64-52/h18-27,30-33,46H,5-17,28-29,34H2,1-4H3,(H,58,59). The first-order chi connectivity index (χ1) is 31.3. The number of unbranched alkanes of at least 4 members (excludes halogenated alkanes) is 9. The first-order valence-electron chi connectivity index (χ1n) is 23.1. The normalized spacial score (nSPS) is 14.0. The predicted molar refractivity (Wildman–Crippen MR) is 269 cm³/mol. The molecule has 6 aromatic rings. The summed E-state index contributed by atoms with van der Waals surface area (Å²) in [4.78, 5) is 20.7. The summed E-state index contributed by atoms with van der Waals surface area (Å²) >= 11 is 4.99. The third-order valence-corrected chi connectivity index (χ3v) is 15.1. The number of aryl methyl sites for hydroxylation is 2. The smallest absolute Gasteiger partial charge is 0.346 e. The lowest BCUT2D eigenvalue weighted by Gasteiger charge is -2.26. The van der Waals surface area contributed by atoms with E-state index in [9.17, 15) is 15.2 Å². The summed E-state index contributed by atoms with van der Waals surface area (Å²) in [5, 5.41) is 27.6. The number of ether oxygens (including phenoxy) is 2. The zero-order valence-electron chi connectivity index (χ0n) is 37.7. The molecule has 1 aliphatic heterocycles. The van der Waals surface area contributed by atoms with Gasteiger partial charge in [0.25, 0.3) is 0 Å². The molecular formula is C53H60N4O4S3. The number of hydrazone groups is 1. The Morgan fingerprint density at radius 1 is 0.812 bits per heavy atom. The predicted octanol–water partition coefficient (Wildman–Crippen LogP) is 15.4. The van der Waals surface area contributed by atoms with Crippen molar-refractivity contribution in [2.24, 2.45) is 5.10 Å². The summed E-state index contributed by atoms with van der Waals surface area (Å²) in [6.45, 7) is 10.1. The van der Waals surface area contributed by atoms with Crippen LogP contribution in [0.5, 0.6) is 11.5 Å². The molecule has 4 heterocycles. The molecule has 11 heteroatoms. The zero-order chi connectivity index (χ0) is 44.8. The lowest BCUT2D eigenvalue weighted by atomic mass is 9.98. The number of aliphatic carboxylic acids is 1. The van der Waals surface area contributed by atoms with Gasteiger partial charge in [0.15, 0.2) is 0 Å². The molecule has 7 rings (SSSR count).